The van der Waals surface area contributed by atoms with Crippen molar-refractivity contribution in [3.63, 3.8) is 0 Å². The maximum atomic E-state index is 12.8. The molecule has 0 saturated carbocycles. The van der Waals surface area contributed by atoms with Gasteiger partial charge in [0.1, 0.15) is 0 Å². The molecule has 1 fully saturated rings. The first-order valence-corrected chi connectivity index (χ1v) is 4.90. The number of amides is 1. The molecule has 0 aliphatic carbocycles. The van der Waals surface area contributed by atoms with Crippen LogP contribution in [-0.4, -0.2) is 29.8 Å². The fourth-order valence-electron chi connectivity index (χ4n) is 1.51. The van der Waals surface area contributed by atoms with E-state index >= 15 is 0 Å². The van der Waals surface area contributed by atoms with E-state index in [-0.39, 0.29) is 31.8 Å². The summed E-state index contributed by atoms with van der Waals surface area (Å²) in [7, 11) is 0. The lowest BCUT2D eigenvalue weighted by molar-refractivity contribution is -0.145. The number of carbonyl (C=O) groups excluding carboxylic acids is 1. The summed E-state index contributed by atoms with van der Waals surface area (Å²) >= 11 is 0. The van der Waals surface area contributed by atoms with Crippen LogP contribution in [0.5, 0.6) is 0 Å². The Labute approximate surface area is 83.3 Å². The molecule has 1 saturated heterocycles. The highest BCUT2D eigenvalue weighted by atomic mass is 19.3. The molecule has 0 N–H and O–H groups in total. The summed E-state index contributed by atoms with van der Waals surface area (Å²) in [6.45, 7) is 5.79. The molecule has 0 unspecified atom stereocenters. The summed E-state index contributed by atoms with van der Waals surface area (Å²) in [5.74, 6) is -2.61. The summed E-state index contributed by atoms with van der Waals surface area (Å²) in [4.78, 5) is 13.3. The predicted molar refractivity (Wildman–Crippen MR) is 50.2 cm³/mol. The Balaban J connectivity index is 2.55. The van der Waals surface area contributed by atoms with Crippen molar-refractivity contribution in [3.8, 4) is 0 Å². The third-order valence-electron chi connectivity index (χ3n) is 2.42. The molecule has 4 heteroatoms. The van der Waals surface area contributed by atoms with Gasteiger partial charge in [-0.25, -0.2) is 8.78 Å². The molecule has 0 bridgehead atoms. The smallest absolute Gasteiger partial charge is 0.251 e. The maximum absolute atomic E-state index is 12.8. The van der Waals surface area contributed by atoms with Crippen molar-refractivity contribution in [2.75, 3.05) is 13.1 Å². The van der Waals surface area contributed by atoms with Crippen LogP contribution in [0.15, 0.2) is 0 Å². The number of likely N-dealkylation sites (tertiary alicyclic amines) is 1. The van der Waals surface area contributed by atoms with Crippen LogP contribution in [0.3, 0.4) is 0 Å². The van der Waals surface area contributed by atoms with E-state index in [0.717, 1.165) is 0 Å². The van der Waals surface area contributed by atoms with Gasteiger partial charge in [0.25, 0.3) is 5.92 Å². The molecule has 0 aromatic rings. The second kappa shape index (κ2) is 3.48. The van der Waals surface area contributed by atoms with E-state index in [4.69, 9.17) is 0 Å². The van der Waals surface area contributed by atoms with Crippen LogP contribution in [0.25, 0.3) is 0 Å². The molecule has 0 spiro atoms. The Hall–Kier alpha value is -0.670. The van der Waals surface area contributed by atoms with Gasteiger partial charge >= 0.3 is 0 Å². The van der Waals surface area contributed by atoms with E-state index in [1.807, 2.05) is 20.8 Å². The second-order valence-corrected chi connectivity index (χ2v) is 4.90. The van der Waals surface area contributed by atoms with Crippen molar-refractivity contribution in [1.82, 2.24) is 4.90 Å². The van der Waals surface area contributed by atoms with Crippen LogP contribution in [0, 0.1) is 5.41 Å². The lowest BCUT2D eigenvalue weighted by Crippen LogP contribution is -2.46. The number of piperidine rings is 1. The summed E-state index contributed by atoms with van der Waals surface area (Å²) in [6.07, 6.45) is -0.399. The first kappa shape index (κ1) is 11.4. The van der Waals surface area contributed by atoms with Crippen LogP contribution < -0.4 is 0 Å². The number of rotatable bonds is 0. The van der Waals surface area contributed by atoms with Crippen molar-refractivity contribution in [3.05, 3.63) is 0 Å². The quantitative estimate of drug-likeness (QED) is 0.594. The average molecular weight is 205 g/mol. The fraction of sp³-hybridized carbons (Fsp3) is 0.900. The van der Waals surface area contributed by atoms with Gasteiger partial charge in [-0.15, -0.1) is 0 Å². The van der Waals surface area contributed by atoms with E-state index in [1.54, 1.807) is 0 Å². The Bertz CT molecular complexity index is 223. The normalized spacial score (nSPS) is 22.2. The van der Waals surface area contributed by atoms with Crippen molar-refractivity contribution in [2.45, 2.75) is 39.5 Å². The standard InChI is InChI=1S/C10H17F2NO/c1-9(2,3)8(14)13-6-4-10(11,12)5-7-13/h4-7H2,1-3H3. The first-order chi connectivity index (χ1) is 6.22. The summed E-state index contributed by atoms with van der Waals surface area (Å²) in [5.41, 5.74) is -0.466. The predicted octanol–water partition coefficient (Wildman–Crippen LogP) is 2.29. The topological polar surface area (TPSA) is 20.3 Å². The van der Waals surface area contributed by atoms with Gasteiger partial charge in [-0.1, -0.05) is 20.8 Å². The van der Waals surface area contributed by atoms with Crippen molar-refractivity contribution in [2.24, 2.45) is 5.41 Å². The number of hydrogen-bond donors (Lipinski definition) is 0. The van der Waals surface area contributed by atoms with Crippen LogP contribution in [0.4, 0.5) is 8.78 Å². The summed E-state index contributed by atoms with van der Waals surface area (Å²) in [6, 6.07) is 0. The highest BCUT2D eigenvalue weighted by molar-refractivity contribution is 5.81. The number of halogens is 2. The number of hydrogen-bond acceptors (Lipinski definition) is 1. The van der Waals surface area contributed by atoms with Gasteiger partial charge < -0.3 is 4.90 Å². The third-order valence-corrected chi connectivity index (χ3v) is 2.42. The van der Waals surface area contributed by atoms with E-state index in [2.05, 4.69) is 0 Å². The molecule has 1 rings (SSSR count). The molecule has 0 aromatic carbocycles. The molecular formula is C10H17F2NO. The van der Waals surface area contributed by atoms with Gasteiger partial charge in [0.05, 0.1) is 0 Å². The highest BCUT2D eigenvalue weighted by Crippen LogP contribution is 2.29. The number of nitrogens with zero attached hydrogens (tertiary/aromatic N) is 1. The minimum absolute atomic E-state index is 0.0343. The minimum Gasteiger partial charge on any atom is -0.342 e. The zero-order chi connectivity index (χ0) is 11.0. The first-order valence-electron chi connectivity index (χ1n) is 4.90. The zero-order valence-electron chi connectivity index (χ0n) is 8.94. The molecular weight excluding hydrogens is 188 g/mol. The van der Waals surface area contributed by atoms with E-state index in [1.165, 1.54) is 4.90 Å². The highest BCUT2D eigenvalue weighted by Gasteiger charge is 2.37. The number of carbonyl (C=O) groups is 1. The maximum Gasteiger partial charge on any atom is 0.251 e. The molecule has 0 radical (unpaired) electrons. The van der Waals surface area contributed by atoms with Gasteiger partial charge in [0.15, 0.2) is 0 Å². The van der Waals surface area contributed by atoms with Crippen molar-refractivity contribution < 1.29 is 13.6 Å². The molecule has 1 aliphatic heterocycles. The monoisotopic (exact) mass is 205 g/mol. The van der Waals surface area contributed by atoms with Crippen molar-refractivity contribution in [1.29, 1.82) is 0 Å². The Morgan fingerprint density at radius 2 is 1.64 bits per heavy atom. The SMILES string of the molecule is CC(C)(C)C(=O)N1CCC(F)(F)CC1. The molecule has 0 atom stereocenters. The molecule has 1 aliphatic rings. The lowest BCUT2D eigenvalue weighted by Gasteiger charge is -2.35. The largest absolute Gasteiger partial charge is 0.342 e. The van der Waals surface area contributed by atoms with Gasteiger partial charge in [0.2, 0.25) is 5.91 Å². The minimum atomic E-state index is -2.57. The Morgan fingerprint density at radius 1 is 1.21 bits per heavy atom. The molecule has 82 valence electrons. The Kier molecular flexibility index (Phi) is 2.83. The van der Waals surface area contributed by atoms with Crippen LogP contribution in [-0.2, 0) is 4.79 Å². The summed E-state index contributed by atoms with van der Waals surface area (Å²) in [5, 5.41) is 0. The lowest BCUT2D eigenvalue weighted by atomic mass is 9.93. The van der Waals surface area contributed by atoms with Gasteiger partial charge in [-0.3, -0.25) is 4.79 Å². The molecule has 1 amide bonds. The van der Waals surface area contributed by atoms with Crippen LogP contribution in [0.2, 0.25) is 0 Å². The van der Waals surface area contributed by atoms with E-state index < -0.39 is 11.3 Å². The summed E-state index contributed by atoms with van der Waals surface area (Å²) < 4.78 is 25.6. The van der Waals surface area contributed by atoms with Gasteiger partial charge in [0, 0.05) is 31.3 Å². The molecule has 2 nitrogen and oxygen atoms in total. The zero-order valence-corrected chi connectivity index (χ0v) is 8.94. The number of alkyl halides is 2. The van der Waals surface area contributed by atoms with Gasteiger partial charge in [-0.05, 0) is 0 Å². The average Bonchev–Trinajstić information content (AvgIpc) is 2.01. The Morgan fingerprint density at radius 3 is 2.00 bits per heavy atom. The third kappa shape index (κ3) is 2.66. The van der Waals surface area contributed by atoms with E-state index in [0.29, 0.717) is 0 Å². The molecule has 0 aromatic heterocycles. The van der Waals surface area contributed by atoms with Crippen LogP contribution in [0.1, 0.15) is 33.6 Å². The second-order valence-electron chi connectivity index (χ2n) is 4.90. The fourth-order valence-corrected chi connectivity index (χ4v) is 1.51. The van der Waals surface area contributed by atoms with E-state index in [9.17, 15) is 13.6 Å². The van der Waals surface area contributed by atoms with Gasteiger partial charge in [-0.2, -0.15) is 0 Å². The van der Waals surface area contributed by atoms with Crippen LogP contribution >= 0.6 is 0 Å². The molecule has 14 heavy (non-hydrogen) atoms. The molecule has 1 heterocycles. The van der Waals surface area contributed by atoms with Crippen molar-refractivity contribution >= 4 is 5.91 Å².